The Morgan fingerprint density at radius 3 is 0.978 bits per heavy atom. The molecule has 10 heteroatoms. The van der Waals surface area contributed by atoms with Crippen molar-refractivity contribution in [3.63, 3.8) is 0 Å². The maximum absolute atomic E-state index is 9.56. The Hall–Kier alpha value is -2.44. The monoisotopic (exact) mass is 848 g/mol. The molecule has 6 N–H and O–H groups in total. The molecule has 1 aliphatic heterocycles. The van der Waals surface area contributed by atoms with Gasteiger partial charge in [0.1, 0.15) is 0 Å². The first-order valence-electron chi connectivity index (χ1n) is 14.5. The number of fused-ring (bicyclic) bond motifs is 8. The fourth-order valence-corrected chi connectivity index (χ4v) is 6.06. The van der Waals surface area contributed by atoms with Gasteiger partial charge in [0.25, 0.3) is 0 Å². The van der Waals surface area contributed by atoms with Gasteiger partial charge in [-0.1, -0.05) is 12.1 Å². The van der Waals surface area contributed by atoms with Crippen LogP contribution in [0.4, 0.5) is 5.69 Å². The molecule has 246 valence electrons. The molecule has 45 heavy (non-hydrogen) atoms. The summed E-state index contributed by atoms with van der Waals surface area (Å²) >= 11 is 0. The van der Waals surface area contributed by atoms with Crippen LogP contribution >= 0.6 is 0 Å². The normalized spacial score (nSPS) is 16.7. The van der Waals surface area contributed by atoms with Crippen molar-refractivity contribution in [2.45, 2.75) is 70.1 Å². The number of nitrogens with two attached hydrogens (primary N) is 1. The average Bonchev–Trinajstić information content (AvgIpc) is 3.74. The van der Waals surface area contributed by atoms with E-state index in [-0.39, 0.29) is 62.1 Å². The van der Waals surface area contributed by atoms with Crippen LogP contribution in [0.3, 0.4) is 0 Å². The summed E-state index contributed by atoms with van der Waals surface area (Å²) in [5.74, 6) is 0. The van der Waals surface area contributed by atoms with Gasteiger partial charge in [-0.05, 0) is 115 Å². The summed E-state index contributed by atoms with van der Waals surface area (Å²) in [6.07, 6.45) is 3.28. The maximum atomic E-state index is 9.56. The molecule has 0 spiro atoms. The van der Waals surface area contributed by atoms with E-state index >= 15 is 0 Å². The van der Waals surface area contributed by atoms with Gasteiger partial charge in [-0.2, -0.15) is 0 Å². The van der Waals surface area contributed by atoms with Gasteiger partial charge in [-0.25, -0.2) is 0 Å². The molecule has 5 aromatic rings. The first kappa shape index (κ1) is 38.7. The zero-order valence-electron chi connectivity index (χ0n) is 27.4. The third-order valence-electron chi connectivity index (χ3n) is 9.35. The molecule has 0 fully saturated rings. The minimum atomic E-state index is -0.611. The summed E-state index contributed by atoms with van der Waals surface area (Å²) in [7, 11) is -0.611. The number of aromatic nitrogens is 4. The zero-order valence-corrected chi connectivity index (χ0v) is 32.0. The van der Waals surface area contributed by atoms with Crippen LogP contribution in [0.15, 0.2) is 72.8 Å². The predicted molar refractivity (Wildman–Crippen MR) is 176 cm³/mol. The molecule has 6 nitrogen and oxygen atoms in total. The fourth-order valence-electron chi connectivity index (χ4n) is 6.06. The van der Waals surface area contributed by atoms with E-state index in [4.69, 9.17) is 5.73 Å². The second-order valence-electron chi connectivity index (χ2n) is 13.5. The molecule has 1 aliphatic rings. The summed E-state index contributed by atoms with van der Waals surface area (Å²) in [5, 5.41) is 0. The Bertz CT molecular complexity index is 1640. The molecule has 0 atom stereocenters. The van der Waals surface area contributed by atoms with Crippen LogP contribution in [0, 0.1) is 0 Å². The molecule has 8 bridgehead atoms. The molecule has 5 heterocycles. The molecule has 0 unspecified atom stereocenters. The maximum Gasteiger partial charge on any atom is 2.00 e. The molecule has 4 aromatic heterocycles. The predicted octanol–water partition coefficient (Wildman–Crippen LogP) is 1.23. The number of nitrogens with one attached hydrogen (secondary N) is 4. The van der Waals surface area contributed by atoms with Crippen LogP contribution in [0.2, 0.25) is 0 Å². The van der Waals surface area contributed by atoms with E-state index in [0.29, 0.717) is 0 Å². The molecule has 1 aromatic carbocycles. The quantitative estimate of drug-likeness (QED) is 0.164. The molecular formula is C35H45Cl2N5OPtS. The van der Waals surface area contributed by atoms with Crippen molar-refractivity contribution in [1.29, 1.82) is 0 Å². The standard InChI is InChI=1S/C33H39N5.C2H6OS.2ClH.Pt/c1-30(2)22-12-14-24(35-22)31(3,4)26-16-18-28(37-26)33(7,20-8-10-21(34)11-9-20)29-19-17-27(38-29)32(5,6)25-15-13-23(30)36-25;1-4(2)3;;;/h8-19,35-38H,34H2,1-7H3;1-2H3;2*1H;/q;;;;+2/p-2. The number of anilines is 1. The molecule has 0 saturated heterocycles. The van der Waals surface area contributed by atoms with Crippen LogP contribution in [0.5, 0.6) is 0 Å². The van der Waals surface area contributed by atoms with Crippen molar-refractivity contribution in [3.05, 3.63) is 124 Å². The van der Waals surface area contributed by atoms with E-state index in [0.717, 1.165) is 17.1 Å². The number of halogens is 2. The minimum absolute atomic E-state index is 0. The van der Waals surface area contributed by atoms with Crippen molar-refractivity contribution < 1.29 is 50.1 Å². The van der Waals surface area contributed by atoms with Crippen LogP contribution in [0.25, 0.3) is 0 Å². The molecule has 0 saturated carbocycles. The van der Waals surface area contributed by atoms with Gasteiger partial charge in [0.05, 0.1) is 5.41 Å². The Labute approximate surface area is 297 Å². The first-order chi connectivity index (χ1) is 19.6. The van der Waals surface area contributed by atoms with Gasteiger partial charge in [-0.3, -0.25) is 4.21 Å². The van der Waals surface area contributed by atoms with E-state index in [2.05, 4.69) is 129 Å². The van der Waals surface area contributed by atoms with Crippen LogP contribution in [0.1, 0.15) is 99.6 Å². The van der Waals surface area contributed by atoms with Crippen molar-refractivity contribution in [2.24, 2.45) is 0 Å². The Morgan fingerprint density at radius 1 is 0.489 bits per heavy atom. The van der Waals surface area contributed by atoms with Gasteiger partial charge in [0.15, 0.2) is 0 Å². The van der Waals surface area contributed by atoms with E-state index in [1.54, 1.807) is 12.5 Å². The van der Waals surface area contributed by atoms with Gasteiger partial charge in [-0.15, -0.1) is 0 Å². The molecule has 0 amide bonds. The Balaban J connectivity index is 0.000000953. The SMILES string of the molecule is CC1(C)c2ccc([nH]2)C(C)(C)c2ccc([nH]2)C(C)(c2ccc(N)cc2)c2ccc([nH]2)C(C)(C)c2ccc1[nH]2.CS(C)=O.[Cl-].[Cl-].[Pt+2]. The number of aromatic amines is 4. The second-order valence-corrected chi connectivity index (χ2v) is 15.0. The number of H-pyrrole nitrogens is 4. The minimum Gasteiger partial charge on any atom is -1.00 e. The molecule has 0 radical (unpaired) electrons. The van der Waals surface area contributed by atoms with Crippen molar-refractivity contribution in [1.82, 2.24) is 19.9 Å². The van der Waals surface area contributed by atoms with Gasteiger partial charge < -0.3 is 50.5 Å². The Kier molecular flexibility index (Phi) is 11.8. The van der Waals surface area contributed by atoms with Crippen LogP contribution in [-0.2, 0) is 53.5 Å². The fraction of sp³-hybridized carbons (Fsp3) is 0.371. The summed E-state index contributed by atoms with van der Waals surface area (Å²) in [6.45, 7) is 15.9. The van der Waals surface area contributed by atoms with E-state index in [1.807, 2.05) is 12.1 Å². The van der Waals surface area contributed by atoms with Crippen molar-refractivity contribution in [2.75, 3.05) is 18.2 Å². The zero-order chi connectivity index (χ0) is 30.7. The number of benzene rings is 1. The molecular weight excluding hydrogens is 804 g/mol. The number of rotatable bonds is 1. The summed E-state index contributed by atoms with van der Waals surface area (Å²) in [5.41, 5.74) is 16.3. The second kappa shape index (κ2) is 13.7. The summed E-state index contributed by atoms with van der Waals surface area (Å²) in [6, 6.07) is 26.2. The first-order valence-corrected chi connectivity index (χ1v) is 16.5. The van der Waals surface area contributed by atoms with Gasteiger partial charge >= 0.3 is 21.1 Å². The number of hydrogen-bond donors (Lipinski definition) is 5. The summed E-state index contributed by atoms with van der Waals surface area (Å²) in [4.78, 5) is 15.3. The Morgan fingerprint density at radius 2 is 0.711 bits per heavy atom. The van der Waals surface area contributed by atoms with Crippen LogP contribution < -0.4 is 30.5 Å². The van der Waals surface area contributed by atoms with Gasteiger partial charge in [0, 0.05) is 90.8 Å². The van der Waals surface area contributed by atoms with E-state index < -0.39 is 16.2 Å². The van der Waals surface area contributed by atoms with E-state index in [9.17, 15) is 4.21 Å². The molecule has 6 rings (SSSR count). The molecule has 0 aliphatic carbocycles. The average molecular weight is 850 g/mol. The van der Waals surface area contributed by atoms with Gasteiger partial charge in [0.2, 0.25) is 0 Å². The topological polar surface area (TPSA) is 106 Å². The van der Waals surface area contributed by atoms with Crippen LogP contribution in [-0.4, -0.2) is 36.7 Å². The van der Waals surface area contributed by atoms with Crippen molar-refractivity contribution in [3.8, 4) is 0 Å². The van der Waals surface area contributed by atoms with E-state index in [1.165, 1.54) is 39.7 Å². The smallest absolute Gasteiger partial charge is 1.00 e. The number of hydrogen-bond acceptors (Lipinski definition) is 2. The summed E-state index contributed by atoms with van der Waals surface area (Å²) < 4.78 is 9.56. The van der Waals surface area contributed by atoms with Crippen molar-refractivity contribution >= 4 is 16.5 Å². The third-order valence-corrected chi connectivity index (χ3v) is 9.35. The number of nitrogen functional groups attached to an aromatic ring is 1. The largest absolute Gasteiger partial charge is 2.00 e. The third kappa shape index (κ3) is 6.83.